The summed E-state index contributed by atoms with van der Waals surface area (Å²) in [6, 6.07) is 25.6. The van der Waals surface area contributed by atoms with Crippen molar-refractivity contribution in [2.45, 2.75) is 25.8 Å². The Morgan fingerprint density at radius 2 is 1.66 bits per heavy atom. The lowest BCUT2D eigenvalue weighted by Gasteiger charge is -2.19. The molecular formula is C31H26FN3O3. The van der Waals surface area contributed by atoms with Crippen LogP contribution in [0, 0.1) is 5.82 Å². The zero-order chi connectivity index (χ0) is 26.6. The molecule has 1 amide bonds. The van der Waals surface area contributed by atoms with E-state index in [1.807, 2.05) is 61.5 Å². The molecule has 1 atom stereocenters. The molecule has 0 unspecified atom stereocenters. The molecule has 0 saturated heterocycles. The molecule has 5 rings (SSSR count). The number of aromatic amines is 1. The van der Waals surface area contributed by atoms with Crippen LogP contribution >= 0.6 is 0 Å². The molecule has 0 aliphatic carbocycles. The van der Waals surface area contributed by atoms with E-state index in [0.717, 1.165) is 29.4 Å². The fourth-order valence-corrected chi connectivity index (χ4v) is 4.66. The van der Waals surface area contributed by atoms with Gasteiger partial charge in [0.25, 0.3) is 5.91 Å². The predicted molar refractivity (Wildman–Crippen MR) is 145 cm³/mol. The number of nitrogens with one attached hydrogen (secondary N) is 2. The van der Waals surface area contributed by atoms with Gasteiger partial charge < -0.3 is 15.4 Å². The molecule has 38 heavy (non-hydrogen) atoms. The highest BCUT2D eigenvalue weighted by atomic mass is 19.1. The number of hydrogen-bond donors (Lipinski definition) is 3. The third-order valence-electron chi connectivity index (χ3n) is 6.51. The fraction of sp³-hybridized carbons (Fsp3) is 0.129. The predicted octanol–water partition coefficient (Wildman–Crippen LogP) is 7.01. The summed E-state index contributed by atoms with van der Waals surface area (Å²) in [5.41, 5.74) is 3.84. The molecule has 0 fully saturated rings. The van der Waals surface area contributed by atoms with Gasteiger partial charge in [0.2, 0.25) is 0 Å². The van der Waals surface area contributed by atoms with Crippen LogP contribution in [-0.2, 0) is 0 Å². The van der Waals surface area contributed by atoms with Crippen molar-refractivity contribution < 1.29 is 19.1 Å². The monoisotopic (exact) mass is 507 g/mol. The molecule has 190 valence electrons. The number of carboxylic acid groups (broad SMARTS) is 1. The number of para-hydroxylation sites is 2. The first-order valence-corrected chi connectivity index (χ1v) is 12.4. The maximum Gasteiger partial charge on any atom is 0.336 e. The van der Waals surface area contributed by atoms with Crippen LogP contribution in [0.5, 0.6) is 0 Å². The summed E-state index contributed by atoms with van der Waals surface area (Å²) in [7, 11) is 0. The Kier molecular flexibility index (Phi) is 7.00. The summed E-state index contributed by atoms with van der Waals surface area (Å²) >= 11 is 0. The molecule has 0 aliphatic heterocycles. The van der Waals surface area contributed by atoms with Crippen LogP contribution in [0.2, 0.25) is 0 Å². The SMILES string of the molecule is CCC[C@@H](NC(=O)c1ccc(-c2cc(F)ccc2-c2nc3ccccc3[nH]2)c(C(=O)O)c1)c1ccccc1. The first-order valence-electron chi connectivity index (χ1n) is 12.4. The van der Waals surface area contributed by atoms with E-state index in [-0.39, 0.29) is 28.6 Å². The van der Waals surface area contributed by atoms with Gasteiger partial charge in [0, 0.05) is 11.1 Å². The second-order valence-electron chi connectivity index (χ2n) is 9.08. The molecular weight excluding hydrogens is 481 g/mol. The van der Waals surface area contributed by atoms with Crippen molar-refractivity contribution in [1.29, 1.82) is 0 Å². The number of H-pyrrole nitrogens is 1. The van der Waals surface area contributed by atoms with Crippen LogP contribution in [-0.4, -0.2) is 27.0 Å². The highest BCUT2D eigenvalue weighted by molar-refractivity contribution is 6.03. The largest absolute Gasteiger partial charge is 0.478 e. The molecule has 0 radical (unpaired) electrons. The van der Waals surface area contributed by atoms with Crippen molar-refractivity contribution >= 4 is 22.9 Å². The number of aromatic carboxylic acids is 1. The third kappa shape index (κ3) is 5.04. The van der Waals surface area contributed by atoms with Crippen LogP contribution in [0.1, 0.15) is 52.1 Å². The number of carboxylic acids is 1. The molecule has 7 heteroatoms. The van der Waals surface area contributed by atoms with Gasteiger partial charge in [-0.3, -0.25) is 4.79 Å². The van der Waals surface area contributed by atoms with Crippen molar-refractivity contribution in [3.05, 3.63) is 114 Å². The molecule has 1 aromatic heterocycles. The van der Waals surface area contributed by atoms with Gasteiger partial charge >= 0.3 is 5.97 Å². The van der Waals surface area contributed by atoms with Crippen molar-refractivity contribution in [2.75, 3.05) is 0 Å². The lowest BCUT2D eigenvalue weighted by Crippen LogP contribution is -2.28. The average molecular weight is 508 g/mol. The minimum atomic E-state index is -1.22. The lowest BCUT2D eigenvalue weighted by molar-refractivity contribution is 0.0697. The number of carbonyl (C=O) groups excluding carboxylic acids is 1. The summed E-state index contributed by atoms with van der Waals surface area (Å²) in [4.78, 5) is 33.4. The zero-order valence-corrected chi connectivity index (χ0v) is 20.7. The molecule has 0 saturated carbocycles. The normalized spacial score (nSPS) is 11.8. The van der Waals surface area contributed by atoms with Gasteiger partial charge in [-0.2, -0.15) is 0 Å². The topological polar surface area (TPSA) is 95.1 Å². The van der Waals surface area contributed by atoms with Crippen LogP contribution in [0.4, 0.5) is 4.39 Å². The molecule has 3 N–H and O–H groups in total. The molecule has 4 aromatic carbocycles. The Morgan fingerprint density at radius 3 is 2.39 bits per heavy atom. The van der Waals surface area contributed by atoms with E-state index in [1.54, 1.807) is 18.2 Å². The van der Waals surface area contributed by atoms with E-state index < -0.39 is 11.8 Å². The number of halogens is 1. The number of aromatic nitrogens is 2. The summed E-state index contributed by atoms with van der Waals surface area (Å²) in [5, 5.41) is 13.1. The first-order chi connectivity index (χ1) is 18.4. The van der Waals surface area contributed by atoms with E-state index in [9.17, 15) is 19.1 Å². The third-order valence-corrected chi connectivity index (χ3v) is 6.51. The first kappa shape index (κ1) is 24.9. The molecule has 5 aromatic rings. The van der Waals surface area contributed by atoms with Gasteiger partial charge in [-0.1, -0.05) is 61.9 Å². The maximum absolute atomic E-state index is 14.4. The molecule has 6 nitrogen and oxygen atoms in total. The van der Waals surface area contributed by atoms with Crippen LogP contribution in [0.15, 0.2) is 91.0 Å². The second-order valence-corrected chi connectivity index (χ2v) is 9.08. The molecule has 1 heterocycles. The lowest BCUT2D eigenvalue weighted by atomic mass is 9.93. The molecule has 0 bridgehead atoms. The van der Waals surface area contributed by atoms with Crippen molar-refractivity contribution in [1.82, 2.24) is 15.3 Å². The smallest absolute Gasteiger partial charge is 0.336 e. The van der Waals surface area contributed by atoms with Crippen molar-refractivity contribution in [3.8, 4) is 22.5 Å². The Morgan fingerprint density at radius 1 is 0.921 bits per heavy atom. The van der Waals surface area contributed by atoms with Gasteiger partial charge in [0.1, 0.15) is 11.6 Å². The standard InChI is InChI=1S/C31H26FN3O3/c1-2-8-26(19-9-4-3-5-10-19)35-30(36)20-13-15-22(25(17-20)31(37)38)24-18-21(32)14-16-23(24)29-33-27-11-6-7-12-28(27)34-29/h3-7,9-18,26H,2,8H2,1H3,(H,33,34)(H,35,36)(H,37,38)/t26-/m1/s1. The highest BCUT2D eigenvalue weighted by Gasteiger charge is 2.21. The Bertz CT molecular complexity index is 1600. The summed E-state index contributed by atoms with van der Waals surface area (Å²) < 4.78 is 14.4. The van der Waals surface area contributed by atoms with Gasteiger partial charge in [-0.05, 0) is 65.6 Å². The number of fused-ring (bicyclic) bond motifs is 1. The van der Waals surface area contributed by atoms with E-state index in [4.69, 9.17) is 0 Å². The maximum atomic E-state index is 14.4. The molecule has 0 aliphatic rings. The summed E-state index contributed by atoms with van der Waals surface area (Å²) in [5.74, 6) is -1.62. The number of nitrogens with zero attached hydrogens (tertiary/aromatic N) is 1. The number of rotatable bonds is 8. The van der Waals surface area contributed by atoms with E-state index in [1.165, 1.54) is 18.2 Å². The number of amides is 1. The highest BCUT2D eigenvalue weighted by Crippen LogP contribution is 2.35. The van der Waals surface area contributed by atoms with E-state index >= 15 is 0 Å². The van der Waals surface area contributed by atoms with Gasteiger partial charge in [-0.15, -0.1) is 0 Å². The van der Waals surface area contributed by atoms with Crippen LogP contribution in [0.3, 0.4) is 0 Å². The van der Waals surface area contributed by atoms with Gasteiger partial charge in [-0.25, -0.2) is 14.2 Å². The van der Waals surface area contributed by atoms with E-state index in [0.29, 0.717) is 17.0 Å². The van der Waals surface area contributed by atoms with Gasteiger partial charge in [0.05, 0.1) is 22.6 Å². The number of hydrogen-bond acceptors (Lipinski definition) is 3. The van der Waals surface area contributed by atoms with Crippen LogP contribution in [0.25, 0.3) is 33.5 Å². The zero-order valence-electron chi connectivity index (χ0n) is 20.7. The Labute approximate surface area is 219 Å². The minimum Gasteiger partial charge on any atom is -0.478 e. The second kappa shape index (κ2) is 10.7. The van der Waals surface area contributed by atoms with Crippen LogP contribution < -0.4 is 5.32 Å². The van der Waals surface area contributed by atoms with E-state index in [2.05, 4.69) is 15.3 Å². The number of benzene rings is 4. The quantitative estimate of drug-likeness (QED) is 0.211. The van der Waals surface area contributed by atoms with Crippen molar-refractivity contribution in [2.24, 2.45) is 0 Å². The minimum absolute atomic E-state index is 0.104. The molecule has 0 spiro atoms. The number of carbonyl (C=O) groups is 2. The fourth-order valence-electron chi connectivity index (χ4n) is 4.66. The summed E-state index contributed by atoms with van der Waals surface area (Å²) in [6.07, 6.45) is 1.60. The van der Waals surface area contributed by atoms with Gasteiger partial charge in [0.15, 0.2) is 0 Å². The Hall–Kier alpha value is -4.78. The van der Waals surface area contributed by atoms with Crippen molar-refractivity contribution in [3.63, 3.8) is 0 Å². The summed E-state index contributed by atoms with van der Waals surface area (Å²) in [6.45, 7) is 2.04. The number of imidazole rings is 1. The average Bonchev–Trinajstić information content (AvgIpc) is 3.37. The Balaban J connectivity index is 1.54.